The molecule has 0 amide bonds. The fraction of sp³-hybridized carbons (Fsp3) is 0.429. The molecule has 0 unspecified atom stereocenters. The first-order valence-corrected chi connectivity index (χ1v) is 58.5. The third-order valence-electron chi connectivity index (χ3n) is 6.86. The summed E-state index contributed by atoms with van der Waals surface area (Å²) in [6.07, 6.45) is 0. The topological polar surface area (TPSA) is 0 Å². The van der Waals surface area contributed by atoms with Crippen LogP contribution in [0.15, 0.2) is 48.5 Å². The number of rotatable bonds is 8. The Morgan fingerprint density at radius 3 is 0.676 bits per heavy atom. The van der Waals surface area contributed by atoms with E-state index in [0.29, 0.717) is 0 Å². The van der Waals surface area contributed by atoms with E-state index in [-0.39, 0.29) is 0 Å². The van der Waals surface area contributed by atoms with Crippen LogP contribution in [0.25, 0.3) is 0 Å². The van der Waals surface area contributed by atoms with E-state index in [1.54, 1.807) is 29.6 Å². The van der Waals surface area contributed by atoms with Crippen LogP contribution in [-0.4, -0.2) is 81.6 Å². The molecule has 0 bridgehead atoms. The average molecular weight is 1010 g/mol. The van der Waals surface area contributed by atoms with E-state index in [9.17, 15) is 0 Å². The molecular weight excluding hydrogens is 968 g/mol. The van der Waals surface area contributed by atoms with Gasteiger partial charge >= 0.3 is 264 Å². The van der Waals surface area contributed by atoms with Crippen molar-refractivity contribution >= 4 is 157 Å². The van der Waals surface area contributed by atoms with Gasteiger partial charge in [-0.3, -0.25) is 0 Å². The summed E-state index contributed by atoms with van der Waals surface area (Å²) in [7, 11) is -2.32. The molecule has 0 saturated carbocycles. The molecule has 9 heteroatoms. The minimum atomic E-state index is -2.32. The van der Waals surface area contributed by atoms with Gasteiger partial charge in [-0.05, 0) is 0 Å². The molecule has 0 aliphatic heterocycles. The van der Waals surface area contributed by atoms with Gasteiger partial charge in [0.25, 0.3) is 0 Å². The van der Waals surface area contributed by atoms with Gasteiger partial charge in [-0.15, -0.1) is 0 Å². The molecule has 0 saturated heterocycles. The van der Waals surface area contributed by atoms with Gasteiger partial charge in [0, 0.05) is 0 Å². The van der Waals surface area contributed by atoms with Crippen LogP contribution in [0.3, 0.4) is 0 Å². The summed E-state index contributed by atoms with van der Waals surface area (Å²) in [5, 5.41) is 0. The normalized spacial score (nSPS) is 13.9. The van der Waals surface area contributed by atoms with E-state index >= 15 is 0 Å². The summed E-state index contributed by atoms with van der Waals surface area (Å²) in [5.41, 5.74) is 0. The first-order chi connectivity index (χ1) is 16.8. The summed E-state index contributed by atoms with van der Waals surface area (Å²) >= 11 is 0.0860. The molecular formula is C28H44S4SiSn4. The summed E-state index contributed by atoms with van der Waals surface area (Å²) in [6, 6.07) is 20.5. The second kappa shape index (κ2) is 11.4. The molecule has 4 aromatic rings. The van der Waals surface area contributed by atoms with E-state index in [1.165, 1.54) is 0 Å². The third-order valence-corrected chi connectivity index (χ3v) is 56.9. The quantitative estimate of drug-likeness (QED) is 0.205. The van der Waals surface area contributed by atoms with E-state index in [1.807, 2.05) is 0 Å². The Balaban J connectivity index is 2.11. The molecule has 4 rings (SSSR count). The molecule has 200 valence electrons. The molecule has 0 radical (unpaired) electrons. The Morgan fingerprint density at radius 2 is 0.541 bits per heavy atom. The maximum absolute atomic E-state index is 2.59. The number of thiophene rings is 4. The predicted octanol–water partition coefficient (Wildman–Crippen LogP) is 5.49. The van der Waals surface area contributed by atoms with Gasteiger partial charge in [0.15, 0.2) is 0 Å². The molecule has 0 aromatic carbocycles. The minimum absolute atomic E-state index is 1.70. The van der Waals surface area contributed by atoms with Crippen LogP contribution in [-0.2, 0) is 0 Å². The van der Waals surface area contributed by atoms with Crippen LogP contribution in [0.5, 0.6) is 0 Å². The van der Waals surface area contributed by atoms with Gasteiger partial charge < -0.3 is 0 Å². The van der Waals surface area contributed by atoms with Gasteiger partial charge in [0.05, 0.1) is 0 Å². The van der Waals surface area contributed by atoms with Gasteiger partial charge in [-0.25, -0.2) is 0 Å². The predicted molar refractivity (Wildman–Crippen MR) is 193 cm³/mol. The van der Waals surface area contributed by atoms with Crippen LogP contribution in [0.2, 0.25) is 59.3 Å². The Labute approximate surface area is 259 Å². The molecule has 4 heterocycles. The molecule has 37 heavy (non-hydrogen) atoms. The fourth-order valence-corrected chi connectivity index (χ4v) is 43.8. The monoisotopic (exact) mass is 1020 g/mol. The van der Waals surface area contributed by atoms with Crippen molar-refractivity contribution in [3.05, 3.63) is 48.5 Å². The molecule has 0 nitrogen and oxygen atoms in total. The zero-order valence-electron chi connectivity index (χ0n) is 24.8. The maximum atomic E-state index is 2.59. The molecule has 4 aromatic heterocycles. The van der Waals surface area contributed by atoms with Crippen molar-refractivity contribution < 1.29 is 0 Å². The van der Waals surface area contributed by atoms with Crippen LogP contribution < -0.4 is 29.6 Å². The first-order valence-electron chi connectivity index (χ1n) is 13.3. The Morgan fingerprint density at radius 1 is 0.351 bits per heavy atom. The second-order valence-electron chi connectivity index (χ2n) is 14.4. The van der Waals surface area contributed by atoms with E-state index in [0.717, 1.165) is 0 Å². The van der Waals surface area contributed by atoms with E-state index in [4.69, 9.17) is 0 Å². The number of hydrogen-bond donors (Lipinski definition) is 0. The molecule has 0 fully saturated rings. The van der Waals surface area contributed by atoms with Gasteiger partial charge in [-0.2, -0.15) is 0 Å². The van der Waals surface area contributed by atoms with Crippen molar-refractivity contribution in [1.82, 2.24) is 0 Å². The van der Waals surface area contributed by atoms with Crippen molar-refractivity contribution in [2.75, 3.05) is 0 Å². The van der Waals surface area contributed by atoms with Crippen molar-refractivity contribution in [3.63, 3.8) is 0 Å². The SMILES string of the molecule is [CH3][Sn]([CH3])([CH3])[c]1ccc([Si](c2cc[c]([Sn]([CH3])([CH3])[CH3])s2)(c2cc[c]([Sn]([CH3])([CH3])[CH3])s2)c2cc[c]([Sn]([CH3])([CH3])[CH3])s2)s1. The second-order valence-corrected chi connectivity index (χ2v) is 85.5. The zero-order valence-corrected chi connectivity index (χ0v) is 40.4. The number of hydrogen-bond acceptors (Lipinski definition) is 4. The Kier molecular flexibility index (Phi) is 9.88. The summed E-state index contributed by atoms with van der Waals surface area (Å²) in [4.78, 5) is 31.0. The molecule has 0 atom stereocenters. The van der Waals surface area contributed by atoms with Crippen LogP contribution in [0.4, 0.5) is 0 Å². The third kappa shape index (κ3) is 6.74. The van der Waals surface area contributed by atoms with Crippen molar-refractivity contribution in [1.29, 1.82) is 0 Å². The first kappa shape index (κ1) is 32.1. The molecule has 0 N–H and O–H groups in total. The standard InChI is InChI=1S/C16H8S4Si.12CH3.4Sn/c1-5-13(17-9-1)21(14-6-2-10-18-14,15-7-3-11-19-15)16-8-4-12-20-16;;;;;;;;;;;;;;;;/h1-8H;12*1H3;;;;. The Hall–Kier alpha value is 2.21. The summed E-state index contributed by atoms with van der Waals surface area (Å²) < 4.78 is 13.7. The van der Waals surface area contributed by atoms with Crippen molar-refractivity contribution in [2.24, 2.45) is 0 Å². The van der Waals surface area contributed by atoms with Crippen LogP contribution in [0, 0.1) is 0 Å². The molecule has 0 spiro atoms. The van der Waals surface area contributed by atoms with Gasteiger partial charge in [0.1, 0.15) is 0 Å². The van der Waals surface area contributed by atoms with Crippen molar-refractivity contribution in [3.8, 4) is 0 Å². The zero-order chi connectivity index (χ0) is 27.6. The average Bonchev–Trinajstić information content (AvgIpc) is 3.52. The van der Waals surface area contributed by atoms with Crippen molar-refractivity contribution in [2.45, 2.75) is 59.3 Å². The van der Waals surface area contributed by atoms with Crippen LogP contribution in [0.1, 0.15) is 0 Å². The van der Waals surface area contributed by atoms with E-state index < -0.39 is 81.6 Å². The molecule has 0 aliphatic carbocycles. The fourth-order valence-electron chi connectivity index (χ4n) is 4.50. The summed E-state index contributed by atoms with van der Waals surface area (Å²) in [5.74, 6) is 0. The summed E-state index contributed by atoms with van der Waals surface area (Å²) in [6.45, 7) is 0. The molecule has 0 aliphatic rings. The van der Waals surface area contributed by atoms with E-state index in [2.05, 4.69) is 153 Å². The van der Waals surface area contributed by atoms with Crippen LogP contribution >= 0.6 is 45.3 Å². The Bertz CT molecular complexity index is 1170. The van der Waals surface area contributed by atoms with Gasteiger partial charge in [-0.1, -0.05) is 0 Å². The van der Waals surface area contributed by atoms with Gasteiger partial charge in [0.2, 0.25) is 0 Å².